The van der Waals surface area contributed by atoms with Crippen molar-refractivity contribution < 1.29 is 24.2 Å². The second kappa shape index (κ2) is 6.85. The Morgan fingerprint density at radius 1 is 1.24 bits per heavy atom. The van der Waals surface area contributed by atoms with Crippen molar-refractivity contribution in [1.29, 1.82) is 0 Å². The van der Waals surface area contributed by atoms with Crippen LogP contribution in [0.15, 0.2) is 24.3 Å². The van der Waals surface area contributed by atoms with Crippen LogP contribution in [0.3, 0.4) is 0 Å². The molecule has 0 aliphatic carbocycles. The maximum Gasteiger partial charge on any atom is 0.331 e. The molecule has 0 fully saturated rings. The SMILES string of the molecule is COCC(C)(NC(=O)c1ccc(NC(C)=O)cc1)C(=O)O. The van der Waals surface area contributed by atoms with E-state index < -0.39 is 17.4 Å². The number of methoxy groups -OCH3 is 1. The summed E-state index contributed by atoms with van der Waals surface area (Å²) in [7, 11) is 1.36. The summed E-state index contributed by atoms with van der Waals surface area (Å²) in [6, 6.07) is 6.11. The molecule has 1 atom stereocenters. The highest BCUT2D eigenvalue weighted by Gasteiger charge is 2.35. The Hall–Kier alpha value is -2.41. The molecule has 0 radical (unpaired) electrons. The Labute approximate surface area is 122 Å². The van der Waals surface area contributed by atoms with Crippen LogP contribution in [-0.4, -0.2) is 42.1 Å². The highest BCUT2D eigenvalue weighted by molar-refractivity contribution is 5.98. The lowest BCUT2D eigenvalue weighted by atomic mass is 10.0. The van der Waals surface area contributed by atoms with Crippen LogP contribution in [0, 0.1) is 0 Å². The van der Waals surface area contributed by atoms with E-state index in [0.717, 1.165) is 0 Å². The summed E-state index contributed by atoms with van der Waals surface area (Å²) < 4.78 is 4.82. The lowest BCUT2D eigenvalue weighted by Crippen LogP contribution is -2.55. The number of carboxylic acids is 1. The number of rotatable bonds is 6. The second-order valence-electron chi connectivity index (χ2n) is 4.78. The third-order valence-corrected chi connectivity index (χ3v) is 2.76. The van der Waals surface area contributed by atoms with Gasteiger partial charge in [0, 0.05) is 25.3 Å². The fourth-order valence-electron chi connectivity index (χ4n) is 1.67. The molecule has 0 aromatic heterocycles. The number of hydrogen-bond acceptors (Lipinski definition) is 4. The standard InChI is InChI=1S/C14H18N2O5/c1-9(17)15-11-6-4-10(5-7-11)12(18)16-14(2,8-21-3)13(19)20/h4-7H,8H2,1-3H3,(H,15,17)(H,16,18)(H,19,20). The third kappa shape index (κ3) is 4.57. The van der Waals surface area contributed by atoms with E-state index in [4.69, 9.17) is 9.84 Å². The number of carbonyl (C=O) groups is 3. The monoisotopic (exact) mass is 294 g/mol. The summed E-state index contributed by atoms with van der Waals surface area (Å²) in [5.41, 5.74) is -0.674. The summed E-state index contributed by atoms with van der Waals surface area (Å²) in [5.74, 6) is -1.94. The van der Waals surface area contributed by atoms with Crippen molar-refractivity contribution in [3.63, 3.8) is 0 Å². The molecule has 0 aliphatic heterocycles. The predicted molar refractivity (Wildman–Crippen MR) is 76.1 cm³/mol. The van der Waals surface area contributed by atoms with Gasteiger partial charge < -0.3 is 20.5 Å². The molecule has 21 heavy (non-hydrogen) atoms. The van der Waals surface area contributed by atoms with Crippen LogP contribution < -0.4 is 10.6 Å². The van der Waals surface area contributed by atoms with Crippen molar-refractivity contribution >= 4 is 23.5 Å². The van der Waals surface area contributed by atoms with E-state index in [1.165, 1.54) is 33.1 Å². The van der Waals surface area contributed by atoms with Gasteiger partial charge in [-0.15, -0.1) is 0 Å². The van der Waals surface area contributed by atoms with Gasteiger partial charge in [-0.05, 0) is 31.2 Å². The molecule has 2 amide bonds. The molecule has 0 spiro atoms. The number of carboxylic acid groups (broad SMARTS) is 1. The molecule has 0 aliphatic rings. The highest BCUT2D eigenvalue weighted by atomic mass is 16.5. The van der Waals surface area contributed by atoms with Crippen LogP contribution in [0.1, 0.15) is 24.2 Å². The zero-order valence-corrected chi connectivity index (χ0v) is 12.1. The molecule has 1 unspecified atom stereocenters. The Morgan fingerprint density at radius 2 is 1.81 bits per heavy atom. The molecular weight excluding hydrogens is 276 g/mol. The molecular formula is C14H18N2O5. The van der Waals surface area contributed by atoms with Crippen LogP contribution in [-0.2, 0) is 14.3 Å². The van der Waals surface area contributed by atoms with E-state index >= 15 is 0 Å². The van der Waals surface area contributed by atoms with E-state index in [9.17, 15) is 14.4 Å². The molecule has 0 saturated heterocycles. The quantitative estimate of drug-likeness (QED) is 0.722. The van der Waals surface area contributed by atoms with Crippen LogP contribution in [0.5, 0.6) is 0 Å². The van der Waals surface area contributed by atoms with Gasteiger partial charge in [-0.3, -0.25) is 9.59 Å². The number of carbonyl (C=O) groups excluding carboxylic acids is 2. The van der Waals surface area contributed by atoms with E-state index in [-0.39, 0.29) is 18.1 Å². The van der Waals surface area contributed by atoms with Gasteiger partial charge >= 0.3 is 5.97 Å². The fraction of sp³-hybridized carbons (Fsp3) is 0.357. The molecule has 3 N–H and O–H groups in total. The van der Waals surface area contributed by atoms with Gasteiger partial charge in [0.15, 0.2) is 5.54 Å². The lowest BCUT2D eigenvalue weighted by Gasteiger charge is -2.25. The van der Waals surface area contributed by atoms with Crippen LogP contribution in [0.4, 0.5) is 5.69 Å². The third-order valence-electron chi connectivity index (χ3n) is 2.76. The van der Waals surface area contributed by atoms with Crippen molar-refractivity contribution in [3.8, 4) is 0 Å². The molecule has 0 heterocycles. The summed E-state index contributed by atoms with van der Waals surface area (Å²) in [6.07, 6.45) is 0. The minimum absolute atomic E-state index is 0.155. The van der Waals surface area contributed by atoms with E-state index in [1.54, 1.807) is 12.1 Å². The first-order chi connectivity index (χ1) is 9.78. The van der Waals surface area contributed by atoms with E-state index in [2.05, 4.69) is 10.6 Å². The topological polar surface area (TPSA) is 105 Å². The largest absolute Gasteiger partial charge is 0.479 e. The van der Waals surface area contributed by atoms with Crippen molar-refractivity contribution in [1.82, 2.24) is 5.32 Å². The van der Waals surface area contributed by atoms with Crippen molar-refractivity contribution in [2.24, 2.45) is 0 Å². The molecule has 7 heteroatoms. The zero-order chi connectivity index (χ0) is 16.0. The van der Waals surface area contributed by atoms with Crippen LogP contribution >= 0.6 is 0 Å². The minimum atomic E-state index is -1.51. The summed E-state index contributed by atoms with van der Waals surface area (Å²) in [6.45, 7) is 2.59. The number of nitrogens with one attached hydrogen (secondary N) is 2. The molecule has 0 bridgehead atoms. The first kappa shape index (κ1) is 16.6. The van der Waals surface area contributed by atoms with E-state index in [0.29, 0.717) is 5.69 Å². The Balaban J connectivity index is 2.83. The van der Waals surface area contributed by atoms with Gasteiger partial charge in [0.25, 0.3) is 5.91 Å². The number of benzene rings is 1. The van der Waals surface area contributed by atoms with Gasteiger partial charge in [-0.1, -0.05) is 0 Å². The van der Waals surface area contributed by atoms with Gasteiger partial charge in [-0.2, -0.15) is 0 Å². The number of hydrogen-bond donors (Lipinski definition) is 3. The van der Waals surface area contributed by atoms with Gasteiger partial charge in [0.2, 0.25) is 5.91 Å². The summed E-state index contributed by atoms with van der Waals surface area (Å²) in [4.78, 5) is 34.2. The van der Waals surface area contributed by atoms with Crippen LogP contribution in [0.25, 0.3) is 0 Å². The smallest absolute Gasteiger partial charge is 0.331 e. The average Bonchev–Trinajstić information content (AvgIpc) is 2.38. The van der Waals surface area contributed by atoms with Crippen molar-refractivity contribution in [3.05, 3.63) is 29.8 Å². The van der Waals surface area contributed by atoms with Gasteiger partial charge in [-0.25, -0.2) is 4.79 Å². The molecule has 1 rings (SSSR count). The number of ether oxygens (including phenoxy) is 1. The van der Waals surface area contributed by atoms with Gasteiger partial charge in [0.1, 0.15) is 0 Å². The Bertz CT molecular complexity index is 541. The van der Waals surface area contributed by atoms with Crippen LogP contribution in [0.2, 0.25) is 0 Å². The number of anilines is 1. The van der Waals surface area contributed by atoms with Gasteiger partial charge in [0.05, 0.1) is 6.61 Å². The maximum absolute atomic E-state index is 12.1. The summed E-state index contributed by atoms with van der Waals surface area (Å²) >= 11 is 0. The first-order valence-electron chi connectivity index (χ1n) is 6.21. The maximum atomic E-state index is 12.1. The summed E-state index contributed by atoms with van der Waals surface area (Å²) in [5, 5.41) is 14.2. The van der Waals surface area contributed by atoms with Crippen molar-refractivity contribution in [2.45, 2.75) is 19.4 Å². The second-order valence-corrected chi connectivity index (χ2v) is 4.78. The molecule has 0 saturated carbocycles. The number of amides is 2. The minimum Gasteiger partial charge on any atom is -0.479 e. The predicted octanol–water partition coefficient (Wildman–Crippen LogP) is 0.864. The van der Waals surface area contributed by atoms with E-state index in [1.807, 2.05) is 0 Å². The molecule has 1 aromatic carbocycles. The zero-order valence-electron chi connectivity index (χ0n) is 12.1. The Morgan fingerprint density at radius 3 is 2.24 bits per heavy atom. The highest BCUT2D eigenvalue weighted by Crippen LogP contribution is 2.12. The fourth-order valence-corrected chi connectivity index (χ4v) is 1.67. The average molecular weight is 294 g/mol. The first-order valence-corrected chi connectivity index (χ1v) is 6.21. The Kier molecular flexibility index (Phi) is 5.43. The molecule has 7 nitrogen and oxygen atoms in total. The normalized spacial score (nSPS) is 13.1. The number of aliphatic carboxylic acids is 1. The lowest BCUT2D eigenvalue weighted by molar-refractivity contribution is -0.145. The van der Waals surface area contributed by atoms with Crippen molar-refractivity contribution in [2.75, 3.05) is 19.0 Å². The molecule has 1 aromatic rings. The molecule has 114 valence electrons.